The van der Waals surface area contributed by atoms with Crippen LogP contribution in [0.25, 0.3) is 10.8 Å². The van der Waals surface area contributed by atoms with E-state index in [9.17, 15) is 0 Å². The summed E-state index contributed by atoms with van der Waals surface area (Å²) in [5, 5.41) is 18.0. The minimum absolute atomic E-state index is 0.510. The number of aromatic nitrogens is 4. The van der Waals surface area contributed by atoms with Crippen LogP contribution in [0, 0.1) is 6.92 Å². The molecule has 0 radical (unpaired) electrons. The first-order valence-corrected chi connectivity index (χ1v) is 9.06. The van der Waals surface area contributed by atoms with E-state index in [0.29, 0.717) is 11.7 Å². The van der Waals surface area contributed by atoms with Crippen LogP contribution in [0.5, 0.6) is 0 Å². The van der Waals surface area contributed by atoms with Gasteiger partial charge in [-0.2, -0.15) is 10.2 Å². The van der Waals surface area contributed by atoms with Crippen LogP contribution in [-0.4, -0.2) is 24.7 Å². The van der Waals surface area contributed by atoms with E-state index in [1.807, 2.05) is 24.9 Å². The molecule has 0 saturated carbocycles. The average Bonchev–Trinajstić information content (AvgIpc) is 3.23. The van der Waals surface area contributed by atoms with Crippen molar-refractivity contribution in [2.24, 2.45) is 7.05 Å². The van der Waals surface area contributed by atoms with E-state index in [-0.39, 0.29) is 0 Å². The number of anilines is 2. The molecule has 0 saturated heterocycles. The van der Waals surface area contributed by atoms with Gasteiger partial charge >= 0.3 is 0 Å². The Morgan fingerprint density at radius 1 is 1.04 bits per heavy atom. The summed E-state index contributed by atoms with van der Waals surface area (Å²) in [5.41, 5.74) is 3.98. The number of fused-ring (bicyclic) bond motifs is 1. The summed E-state index contributed by atoms with van der Waals surface area (Å²) in [5.74, 6) is 0. The van der Waals surface area contributed by atoms with E-state index in [0.717, 1.165) is 17.1 Å². The second kappa shape index (κ2) is 7.20. The van der Waals surface area contributed by atoms with Crippen molar-refractivity contribution in [3.63, 3.8) is 0 Å². The molecular formula is C20H20N6S. The fourth-order valence-electron chi connectivity index (χ4n) is 3.03. The second-order valence-corrected chi connectivity index (χ2v) is 6.82. The molecule has 0 bridgehead atoms. The number of thiocarbonyl (C=S) groups is 1. The van der Waals surface area contributed by atoms with Gasteiger partial charge in [0.05, 0.1) is 36.0 Å². The van der Waals surface area contributed by atoms with Gasteiger partial charge in [0.15, 0.2) is 5.11 Å². The summed E-state index contributed by atoms with van der Waals surface area (Å²) in [4.78, 5) is 0. The highest BCUT2D eigenvalue weighted by Crippen LogP contribution is 2.20. The highest BCUT2D eigenvalue weighted by molar-refractivity contribution is 7.80. The van der Waals surface area contributed by atoms with Gasteiger partial charge in [-0.15, -0.1) is 0 Å². The van der Waals surface area contributed by atoms with Gasteiger partial charge in [-0.05, 0) is 35.5 Å². The molecule has 0 unspecified atom stereocenters. The number of rotatable bonds is 4. The number of nitrogens with zero attached hydrogens (tertiary/aromatic N) is 4. The SMILES string of the molecule is Cc1c(NC(=S)Nc2cnn(Cc3cccc4ccccc34)c2)cnn1C. The largest absolute Gasteiger partial charge is 0.330 e. The molecule has 0 aliphatic rings. The Morgan fingerprint density at radius 3 is 2.67 bits per heavy atom. The van der Waals surface area contributed by atoms with E-state index in [4.69, 9.17) is 12.2 Å². The van der Waals surface area contributed by atoms with Crippen molar-refractivity contribution in [2.45, 2.75) is 13.5 Å². The predicted molar refractivity (Wildman–Crippen MR) is 113 cm³/mol. The third-order valence-electron chi connectivity index (χ3n) is 4.59. The van der Waals surface area contributed by atoms with Gasteiger partial charge in [0, 0.05) is 13.2 Å². The maximum Gasteiger partial charge on any atom is 0.175 e. The van der Waals surface area contributed by atoms with Crippen molar-refractivity contribution in [2.75, 3.05) is 10.6 Å². The summed E-state index contributed by atoms with van der Waals surface area (Å²) >= 11 is 5.39. The minimum Gasteiger partial charge on any atom is -0.330 e. The van der Waals surface area contributed by atoms with Crippen LogP contribution in [0.3, 0.4) is 0 Å². The molecule has 0 amide bonds. The maximum absolute atomic E-state index is 5.39. The van der Waals surface area contributed by atoms with Gasteiger partial charge < -0.3 is 10.6 Å². The summed E-state index contributed by atoms with van der Waals surface area (Å²) < 4.78 is 3.70. The molecule has 2 aromatic carbocycles. The molecule has 2 N–H and O–H groups in total. The van der Waals surface area contributed by atoms with Gasteiger partial charge in [-0.25, -0.2) is 0 Å². The number of aryl methyl sites for hydroxylation is 1. The lowest BCUT2D eigenvalue weighted by Crippen LogP contribution is -2.19. The van der Waals surface area contributed by atoms with E-state index in [1.54, 1.807) is 17.1 Å². The molecule has 2 aromatic heterocycles. The van der Waals surface area contributed by atoms with Crippen LogP contribution in [-0.2, 0) is 13.6 Å². The summed E-state index contributed by atoms with van der Waals surface area (Å²) in [7, 11) is 1.90. The number of benzene rings is 2. The summed E-state index contributed by atoms with van der Waals surface area (Å²) in [6.45, 7) is 2.69. The van der Waals surface area contributed by atoms with Crippen LogP contribution < -0.4 is 10.6 Å². The van der Waals surface area contributed by atoms with Gasteiger partial charge in [-0.3, -0.25) is 9.36 Å². The van der Waals surface area contributed by atoms with Crippen molar-refractivity contribution in [1.29, 1.82) is 0 Å². The lowest BCUT2D eigenvalue weighted by molar-refractivity contribution is 0.690. The molecule has 7 heteroatoms. The first-order valence-electron chi connectivity index (χ1n) is 8.66. The highest BCUT2D eigenvalue weighted by Gasteiger charge is 2.07. The Kier molecular flexibility index (Phi) is 4.60. The molecule has 0 aliphatic carbocycles. The first kappa shape index (κ1) is 17.2. The topological polar surface area (TPSA) is 59.7 Å². The van der Waals surface area contributed by atoms with Crippen molar-refractivity contribution in [3.05, 3.63) is 72.3 Å². The zero-order valence-corrected chi connectivity index (χ0v) is 16.0. The first-order chi connectivity index (χ1) is 13.1. The molecule has 4 rings (SSSR count). The smallest absolute Gasteiger partial charge is 0.175 e. The van der Waals surface area contributed by atoms with E-state index >= 15 is 0 Å². The molecule has 0 aliphatic heterocycles. The third-order valence-corrected chi connectivity index (χ3v) is 4.79. The minimum atomic E-state index is 0.510. The Balaban J connectivity index is 1.45. The summed E-state index contributed by atoms with van der Waals surface area (Å²) in [6, 6.07) is 14.7. The number of hydrogen-bond acceptors (Lipinski definition) is 3. The van der Waals surface area contributed by atoms with E-state index in [1.165, 1.54) is 16.3 Å². The molecule has 0 atom stereocenters. The molecule has 2 heterocycles. The zero-order valence-electron chi connectivity index (χ0n) is 15.2. The van der Waals surface area contributed by atoms with E-state index in [2.05, 4.69) is 63.3 Å². The van der Waals surface area contributed by atoms with Crippen LogP contribution in [0.1, 0.15) is 11.3 Å². The van der Waals surface area contributed by atoms with Crippen molar-refractivity contribution < 1.29 is 0 Å². The van der Waals surface area contributed by atoms with Gasteiger partial charge in [-0.1, -0.05) is 42.5 Å². The van der Waals surface area contributed by atoms with Crippen molar-refractivity contribution in [1.82, 2.24) is 19.6 Å². The lowest BCUT2D eigenvalue weighted by Gasteiger charge is -2.08. The Labute approximate surface area is 162 Å². The second-order valence-electron chi connectivity index (χ2n) is 6.41. The van der Waals surface area contributed by atoms with Gasteiger partial charge in [0.25, 0.3) is 0 Å². The maximum atomic E-state index is 5.39. The fourth-order valence-corrected chi connectivity index (χ4v) is 3.25. The fraction of sp³-hybridized carbons (Fsp3) is 0.150. The lowest BCUT2D eigenvalue weighted by atomic mass is 10.0. The van der Waals surface area contributed by atoms with Gasteiger partial charge in [0.1, 0.15) is 0 Å². The van der Waals surface area contributed by atoms with Crippen LogP contribution in [0.15, 0.2) is 61.1 Å². The number of nitrogens with one attached hydrogen (secondary N) is 2. The molecular weight excluding hydrogens is 356 g/mol. The summed E-state index contributed by atoms with van der Waals surface area (Å²) in [6.07, 6.45) is 5.48. The molecule has 4 aromatic rings. The number of hydrogen-bond donors (Lipinski definition) is 2. The monoisotopic (exact) mass is 376 g/mol. The molecule has 0 spiro atoms. The Bertz CT molecular complexity index is 1110. The molecule has 27 heavy (non-hydrogen) atoms. The zero-order chi connectivity index (χ0) is 18.8. The standard InChI is InChI=1S/C20H20N6S/c1-14-19(11-21-25(14)2)24-20(27)23-17-10-22-26(13-17)12-16-8-5-7-15-6-3-4-9-18(15)16/h3-11,13H,12H2,1-2H3,(H2,23,24,27). The third kappa shape index (κ3) is 3.68. The Morgan fingerprint density at radius 2 is 1.85 bits per heavy atom. The molecule has 136 valence electrons. The molecule has 6 nitrogen and oxygen atoms in total. The normalized spacial score (nSPS) is 10.9. The molecule has 0 fully saturated rings. The van der Waals surface area contributed by atoms with E-state index < -0.39 is 0 Å². The Hall–Kier alpha value is -3.19. The highest BCUT2D eigenvalue weighted by atomic mass is 32.1. The predicted octanol–water partition coefficient (Wildman–Crippen LogP) is 3.94. The quantitative estimate of drug-likeness (QED) is 0.529. The van der Waals surface area contributed by atoms with Crippen LogP contribution in [0.4, 0.5) is 11.4 Å². The van der Waals surface area contributed by atoms with Crippen LogP contribution in [0.2, 0.25) is 0 Å². The van der Waals surface area contributed by atoms with Crippen molar-refractivity contribution >= 4 is 39.5 Å². The van der Waals surface area contributed by atoms with Gasteiger partial charge in [0.2, 0.25) is 0 Å². The van der Waals surface area contributed by atoms with Crippen LogP contribution >= 0.6 is 12.2 Å². The van der Waals surface area contributed by atoms with Crippen molar-refractivity contribution in [3.8, 4) is 0 Å². The average molecular weight is 376 g/mol.